The van der Waals surface area contributed by atoms with E-state index in [1.165, 1.54) is 0 Å². The van der Waals surface area contributed by atoms with Crippen molar-refractivity contribution in [1.29, 1.82) is 0 Å². The molecule has 0 spiro atoms. The van der Waals surface area contributed by atoms with Crippen LogP contribution in [0.15, 0.2) is 30.3 Å². The molecule has 0 bridgehead atoms. The lowest BCUT2D eigenvalue weighted by molar-refractivity contribution is -0.150. The predicted octanol–water partition coefficient (Wildman–Crippen LogP) is 4.58. The van der Waals surface area contributed by atoms with Crippen molar-refractivity contribution in [2.24, 2.45) is 0 Å². The second kappa shape index (κ2) is 11.7. The minimum Gasteiger partial charge on any atom is -0.466 e. The first-order valence-electron chi connectivity index (χ1n) is 8.57. The number of hydrogen-bond donors (Lipinski definition) is 0. The molecule has 128 valence electrons. The van der Waals surface area contributed by atoms with Crippen LogP contribution in [0.25, 0.3) is 0 Å². The Hall–Kier alpha value is -1.84. The van der Waals surface area contributed by atoms with Gasteiger partial charge in [-0.05, 0) is 24.8 Å². The van der Waals surface area contributed by atoms with Gasteiger partial charge in [0.1, 0.15) is 6.10 Å². The summed E-state index contributed by atoms with van der Waals surface area (Å²) in [5, 5.41) is 0. The highest BCUT2D eigenvalue weighted by atomic mass is 16.5. The minimum absolute atomic E-state index is 0.218. The first-order chi connectivity index (χ1) is 11.2. The Kier molecular flexibility index (Phi) is 9.76. The Morgan fingerprint density at radius 1 is 0.957 bits per heavy atom. The van der Waals surface area contributed by atoms with E-state index in [1.807, 2.05) is 37.3 Å². The molecule has 0 amide bonds. The summed E-state index contributed by atoms with van der Waals surface area (Å²) < 4.78 is 10.6. The fraction of sp³-hybridized carbons (Fsp3) is 0.579. The Labute approximate surface area is 139 Å². The van der Waals surface area contributed by atoms with Gasteiger partial charge in [-0.1, -0.05) is 57.0 Å². The van der Waals surface area contributed by atoms with Gasteiger partial charge in [-0.3, -0.25) is 9.59 Å². The third-order valence-electron chi connectivity index (χ3n) is 3.59. The first-order valence-corrected chi connectivity index (χ1v) is 8.57. The van der Waals surface area contributed by atoms with Crippen LogP contribution in [-0.2, 0) is 19.1 Å². The summed E-state index contributed by atoms with van der Waals surface area (Å²) in [7, 11) is 0. The Morgan fingerprint density at radius 3 is 2.30 bits per heavy atom. The zero-order valence-corrected chi connectivity index (χ0v) is 14.3. The molecule has 0 fully saturated rings. The summed E-state index contributed by atoms with van der Waals surface area (Å²) >= 11 is 0. The molecule has 0 aliphatic heterocycles. The molecule has 1 aromatic carbocycles. The van der Waals surface area contributed by atoms with Crippen molar-refractivity contribution in [3.63, 3.8) is 0 Å². The van der Waals surface area contributed by atoms with Gasteiger partial charge in [-0.25, -0.2) is 0 Å². The molecule has 0 aromatic heterocycles. The summed E-state index contributed by atoms with van der Waals surface area (Å²) in [6.45, 7) is 4.56. The summed E-state index contributed by atoms with van der Waals surface area (Å²) in [5.41, 5.74) is 0.999. The monoisotopic (exact) mass is 320 g/mol. The Bertz CT molecular complexity index is 456. The highest BCUT2D eigenvalue weighted by Crippen LogP contribution is 2.21. The van der Waals surface area contributed by atoms with Gasteiger partial charge >= 0.3 is 11.9 Å². The van der Waals surface area contributed by atoms with Crippen molar-refractivity contribution in [2.45, 2.75) is 64.9 Å². The summed E-state index contributed by atoms with van der Waals surface area (Å²) in [6, 6.07) is 9.70. The molecule has 0 aliphatic rings. The van der Waals surface area contributed by atoms with E-state index in [4.69, 9.17) is 9.47 Å². The number of carbonyl (C=O) groups is 2. The molecule has 0 N–H and O–H groups in total. The maximum Gasteiger partial charge on any atom is 0.306 e. The van der Waals surface area contributed by atoms with Gasteiger partial charge in [0.05, 0.1) is 6.61 Å². The van der Waals surface area contributed by atoms with Crippen molar-refractivity contribution in [2.75, 3.05) is 6.61 Å². The lowest BCUT2D eigenvalue weighted by Gasteiger charge is -2.16. The van der Waals surface area contributed by atoms with Crippen LogP contribution in [-0.4, -0.2) is 18.5 Å². The average molecular weight is 320 g/mol. The largest absolute Gasteiger partial charge is 0.466 e. The number of carbonyl (C=O) groups excluding carboxylic acids is 2. The lowest BCUT2D eigenvalue weighted by atomic mass is 10.1. The van der Waals surface area contributed by atoms with Gasteiger partial charge in [-0.2, -0.15) is 0 Å². The van der Waals surface area contributed by atoms with Crippen molar-refractivity contribution < 1.29 is 19.1 Å². The molecule has 1 aromatic rings. The second-order valence-corrected chi connectivity index (χ2v) is 5.58. The molecular weight excluding hydrogens is 292 g/mol. The van der Waals surface area contributed by atoms with Gasteiger partial charge < -0.3 is 9.47 Å². The summed E-state index contributed by atoms with van der Waals surface area (Å²) in [4.78, 5) is 23.4. The van der Waals surface area contributed by atoms with Crippen LogP contribution < -0.4 is 0 Å². The predicted molar refractivity (Wildman–Crippen MR) is 89.9 cm³/mol. The van der Waals surface area contributed by atoms with E-state index in [1.54, 1.807) is 0 Å². The summed E-state index contributed by atoms with van der Waals surface area (Å²) in [6.07, 6.45) is 4.56. The minimum atomic E-state index is -0.264. The number of ether oxygens (including phenoxy) is 2. The topological polar surface area (TPSA) is 52.6 Å². The van der Waals surface area contributed by atoms with Gasteiger partial charge in [0.25, 0.3) is 0 Å². The number of esters is 2. The van der Waals surface area contributed by atoms with E-state index in [2.05, 4.69) is 6.92 Å². The Balaban J connectivity index is 2.22. The van der Waals surface area contributed by atoms with Crippen molar-refractivity contribution >= 4 is 11.9 Å². The van der Waals surface area contributed by atoms with Gasteiger partial charge in [0.15, 0.2) is 0 Å². The van der Waals surface area contributed by atoms with E-state index in [0.717, 1.165) is 31.2 Å². The normalized spacial score (nSPS) is 11.7. The molecule has 1 unspecified atom stereocenters. The van der Waals surface area contributed by atoms with E-state index < -0.39 is 0 Å². The maximum absolute atomic E-state index is 11.9. The molecule has 1 atom stereocenters. The fourth-order valence-electron chi connectivity index (χ4n) is 2.26. The Morgan fingerprint density at radius 2 is 1.65 bits per heavy atom. The van der Waals surface area contributed by atoms with Crippen LogP contribution >= 0.6 is 0 Å². The molecule has 4 heteroatoms. The number of benzene rings is 1. The van der Waals surface area contributed by atoms with E-state index in [0.29, 0.717) is 13.0 Å². The molecule has 0 aliphatic carbocycles. The SMILES string of the molecule is CCCCCOC(=O)CCCC(=O)OC(CC)c1ccccc1. The number of hydrogen-bond acceptors (Lipinski definition) is 4. The zero-order chi connectivity index (χ0) is 16.9. The molecule has 23 heavy (non-hydrogen) atoms. The van der Waals surface area contributed by atoms with Crippen LogP contribution in [0.2, 0.25) is 0 Å². The van der Waals surface area contributed by atoms with Gasteiger partial charge in [-0.15, -0.1) is 0 Å². The van der Waals surface area contributed by atoms with Crippen LogP contribution in [0.1, 0.15) is 70.5 Å². The molecule has 0 heterocycles. The molecule has 1 rings (SSSR count). The van der Waals surface area contributed by atoms with E-state index in [-0.39, 0.29) is 30.9 Å². The van der Waals surface area contributed by atoms with Crippen LogP contribution in [0.4, 0.5) is 0 Å². The van der Waals surface area contributed by atoms with Crippen LogP contribution in [0.3, 0.4) is 0 Å². The van der Waals surface area contributed by atoms with E-state index >= 15 is 0 Å². The molecule has 0 saturated heterocycles. The molecule has 0 radical (unpaired) electrons. The summed E-state index contributed by atoms with van der Waals surface area (Å²) in [5.74, 6) is -0.497. The highest BCUT2D eigenvalue weighted by molar-refractivity contribution is 5.72. The van der Waals surface area contributed by atoms with Crippen molar-refractivity contribution in [3.05, 3.63) is 35.9 Å². The second-order valence-electron chi connectivity index (χ2n) is 5.58. The maximum atomic E-state index is 11.9. The van der Waals surface area contributed by atoms with Crippen LogP contribution in [0, 0.1) is 0 Å². The van der Waals surface area contributed by atoms with Gasteiger partial charge in [0.2, 0.25) is 0 Å². The highest BCUT2D eigenvalue weighted by Gasteiger charge is 2.15. The van der Waals surface area contributed by atoms with Crippen molar-refractivity contribution in [1.82, 2.24) is 0 Å². The van der Waals surface area contributed by atoms with Crippen molar-refractivity contribution in [3.8, 4) is 0 Å². The zero-order valence-electron chi connectivity index (χ0n) is 14.3. The third-order valence-corrected chi connectivity index (χ3v) is 3.59. The molecule has 4 nitrogen and oxygen atoms in total. The number of unbranched alkanes of at least 4 members (excludes halogenated alkanes) is 2. The smallest absolute Gasteiger partial charge is 0.306 e. The number of rotatable bonds is 11. The third kappa shape index (κ3) is 8.38. The van der Waals surface area contributed by atoms with Crippen LogP contribution in [0.5, 0.6) is 0 Å². The first kappa shape index (κ1) is 19.2. The quantitative estimate of drug-likeness (QED) is 0.442. The lowest BCUT2D eigenvalue weighted by Crippen LogP contribution is -2.12. The fourth-order valence-corrected chi connectivity index (χ4v) is 2.26. The molecule has 0 saturated carbocycles. The standard InChI is InChI=1S/C19H28O4/c1-3-5-9-15-22-18(20)13-10-14-19(21)23-17(4-2)16-11-7-6-8-12-16/h6-8,11-12,17H,3-5,9-10,13-15H2,1-2H3. The average Bonchev–Trinajstić information content (AvgIpc) is 2.57. The van der Waals surface area contributed by atoms with E-state index in [9.17, 15) is 9.59 Å². The van der Waals surface area contributed by atoms with Gasteiger partial charge in [0, 0.05) is 12.8 Å². The molecular formula is C19H28O4.